The molecule has 2 unspecified atom stereocenters. The Kier molecular flexibility index (Phi) is 10.6. The predicted octanol–water partition coefficient (Wildman–Crippen LogP) is -0.431. The van der Waals surface area contributed by atoms with Crippen molar-refractivity contribution >= 4 is 46.6 Å². The second-order valence-electron chi connectivity index (χ2n) is 9.06. The van der Waals surface area contributed by atoms with Gasteiger partial charge in [-0.1, -0.05) is 0 Å². The highest BCUT2D eigenvalue weighted by Crippen LogP contribution is 2.12. The van der Waals surface area contributed by atoms with Crippen molar-refractivity contribution < 1.29 is 29.4 Å². The molecule has 0 fully saturated rings. The van der Waals surface area contributed by atoms with Crippen LogP contribution in [0.1, 0.15) is 48.2 Å². The Labute approximate surface area is 233 Å². The zero-order valence-corrected chi connectivity index (χ0v) is 21.9. The first-order chi connectivity index (χ1) is 19.6. The molecule has 2 heterocycles. The number of aromatic nitrogens is 4. The van der Waals surface area contributed by atoms with Gasteiger partial charge in [0.2, 0.25) is 11.9 Å². The van der Waals surface area contributed by atoms with Crippen LogP contribution in [0, 0.1) is 0 Å². The molecule has 2 atom stereocenters. The molecule has 0 saturated heterocycles. The van der Waals surface area contributed by atoms with E-state index in [0.717, 1.165) is 0 Å². The van der Waals surface area contributed by atoms with E-state index in [1.807, 2.05) is 0 Å². The quantitative estimate of drug-likeness (QED) is 0.108. The zero-order chi connectivity index (χ0) is 29.9. The summed E-state index contributed by atoms with van der Waals surface area (Å²) in [6.45, 7) is 0.606. The summed E-state index contributed by atoms with van der Waals surface area (Å²) in [5, 5.41) is 26.6. The van der Waals surface area contributed by atoms with Crippen LogP contribution < -0.4 is 33.0 Å². The largest absolute Gasteiger partial charge is 0.480 e. The van der Waals surface area contributed by atoms with Crippen LogP contribution in [0.2, 0.25) is 0 Å². The van der Waals surface area contributed by atoms with Gasteiger partial charge in [-0.25, -0.2) is 19.6 Å². The maximum atomic E-state index is 12.6. The van der Waals surface area contributed by atoms with Crippen molar-refractivity contribution in [3.8, 4) is 0 Å². The summed E-state index contributed by atoms with van der Waals surface area (Å²) < 4.78 is 0. The van der Waals surface area contributed by atoms with Crippen LogP contribution in [0.3, 0.4) is 0 Å². The lowest BCUT2D eigenvalue weighted by atomic mass is 10.1. The highest BCUT2D eigenvalue weighted by atomic mass is 16.4. The maximum Gasteiger partial charge on any atom is 0.326 e. The van der Waals surface area contributed by atoms with E-state index in [4.69, 9.17) is 11.5 Å². The number of benzene rings is 1. The fourth-order valence-electron chi connectivity index (χ4n) is 3.78. The Morgan fingerprint density at radius 1 is 0.951 bits per heavy atom. The Balaban J connectivity index is 1.53. The van der Waals surface area contributed by atoms with Crippen LogP contribution in [0.15, 0.2) is 35.3 Å². The fraction of sp³-hybridized carbons (Fsp3) is 0.360. The summed E-state index contributed by atoms with van der Waals surface area (Å²) in [6, 6.07) is 3.67. The molecule has 10 N–H and O–H groups in total. The molecule has 1 aromatic carbocycles. The normalized spacial score (nSPS) is 12.3. The summed E-state index contributed by atoms with van der Waals surface area (Å²) >= 11 is 0. The molecule has 16 nitrogen and oxygen atoms in total. The zero-order valence-electron chi connectivity index (χ0n) is 21.9. The lowest BCUT2D eigenvalue weighted by molar-refractivity contribution is -0.142. The third-order valence-electron chi connectivity index (χ3n) is 5.95. The molecular weight excluding hydrogens is 538 g/mol. The van der Waals surface area contributed by atoms with Gasteiger partial charge in [-0.05, 0) is 56.5 Å². The minimum Gasteiger partial charge on any atom is -0.480 e. The number of aromatic amines is 1. The van der Waals surface area contributed by atoms with Gasteiger partial charge in [0.25, 0.3) is 11.5 Å². The Hall–Kier alpha value is -5.12. The number of nitrogens with one attached hydrogen (secondary N) is 4. The molecule has 0 saturated carbocycles. The Bertz CT molecular complexity index is 1460. The van der Waals surface area contributed by atoms with E-state index in [0.29, 0.717) is 30.8 Å². The summed E-state index contributed by atoms with van der Waals surface area (Å²) in [5.74, 6) is -3.90. The molecule has 2 amide bonds. The Morgan fingerprint density at radius 3 is 2.29 bits per heavy atom. The number of unbranched alkanes of at least 4 members (excludes halogenated alkanes) is 1. The highest BCUT2D eigenvalue weighted by molar-refractivity contribution is 5.97. The number of nitrogen functional groups attached to an aromatic ring is 1. The number of carbonyl (C=O) groups is 4. The molecule has 3 rings (SSSR count). The predicted molar refractivity (Wildman–Crippen MR) is 147 cm³/mol. The number of carbonyl (C=O) groups excluding carboxylic acids is 2. The molecule has 0 aliphatic rings. The number of carboxylic acid groups (broad SMARTS) is 2. The molecule has 0 radical (unpaired) electrons. The maximum absolute atomic E-state index is 12.6. The van der Waals surface area contributed by atoms with Crippen LogP contribution in [-0.4, -0.2) is 72.5 Å². The summed E-state index contributed by atoms with van der Waals surface area (Å²) in [4.78, 5) is 74.5. The van der Waals surface area contributed by atoms with Crippen molar-refractivity contribution in [3.63, 3.8) is 0 Å². The molecule has 0 bridgehead atoms. The van der Waals surface area contributed by atoms with Crippen molar-refractivity contribution in [2.24, 2.45) is 5.73 Å². The van der Waals surface area contributed by atoms with E-state index in [9.17, 15) is 34.2 Å². The van der Waals surface area contributed by atoms with E-state index in [-0.39, 0.29) is 48.5 Å². The number of hydrogen-bond acceptors (Lipinski definition) is 11. The number of hydrogen-bond donors (Lipinski definition) is 8. The molecule has 41 heavy (non-hydrogen) atoms. The minimum atomic E-state index is -1.37. The van der Waals surface area contributed by atoms with Crippen LogP contribution in [-0.2, 0) is 20.9 Å². The number of aliphatic carboxylic acids is 2. The number of carboxylic acids is 2. The number of nitrogens with zero attached hydrogens (tertiary/aromatic N) is 3. The molecule has 3 aromatic rings. The van der Waals surface area contributed by atoms with Crippen molar-refractivity contribution in [3.05, 3.63) is 52.1 Å². The molecule has 0 spiro atoms. The van der Waals surface area contributed by atoms with Crippen LogP contribution in [0.5, 0.6) is 0 Å². The van der Waals surface area contributed by atoms with Crippen molar-refractivity contribution in [2.75, 3.05) is 17.6 Å². The van der Waals surface area contributed by atoms with Gasteiger partial charge in [-0.2, -0.15) is 4.98 Å². The number of nitrogens with two attached hydrogens (primary N) is 2. The van der Waals surface area contributed by atoms with E-state index in [1.165, 1.54) is 18.3 Å². The van der Waals surface area contributed by atoms with E-state index < -0.39 is 41.4 Å². The first kappa shape index (κ1) is 30.4. The summed E-state index contributed by atoms with van der Waals surface area (Å²) in [6.07, 6.45) is 2.23. The SMILES string of the molecule is NCCCCC(NC(=O)CCC(NC(=O)c1ccc(NCc2cnc3nc(N)[nH]c(=O)c3n2)cc1)C(=O)O)C(=O)O. The van der Waals surface area contributed by atoms with Gasteiger partial charge in [0.05, 0.1) is 18.4 Å². The van der Waals surface area contributed by atoms with E-state index >= 15 is 0 Å². The summed E-state index contributed by atoms with van der Waals surface area (Å²) in [5.41, 5.74) is 11.8. The second-order valence-corrected chi connectivity index (χ2v) is 9.06. The molecule has 2 aromatic heterocycles. The second kappa shape index (κ2) is 14.3. The van der Waals surface area contributed by atoms with Gasteiger partial charge in [0.15, 0.2) is 11.2 Å². The van der Waals surface area contributed by atoms with Crippen molar-refractivity contribution in [1.82, 2.24) is 30.6 Å². The fourth-order valence-corrected chi connectivity index (χ4v) is 3.78. The van der Waals surface area contributed by atoms with Gasteiger partial charge in [-0.3, -0.25) is 19.4 Å². The summed E-state index contributed by atoms with van der Waals surface area (Å²) in [7, 11) is 0. The van der Waals surface area contributed by atoms with Crippen LogP contribution >= 0.6 is 0 Å². The van der Waals surface area contributed by atoms with Gasteiger partial charge < -0.3 is 37.6 Å². The number of amides is 2. The van der Waals surface area contributed by atoms with E-state index in [1.54, 1.807) is 12.1 Å². The van der Waals surface area contributed by atoms with Gasteiger partial charge >= 0.3 is 11.9 Å². The van der Waals surface area contributed by atoms with Gasteiger partial charge in [-0.15, -0.1) is 0 Å². The third-order valence-corrected chi connectivity index (χ3v) is 5.95. The lowest BCUT2D eigenvalue weighted by Gasteiger charge is -2.17. The molecule has 0 aliphatic carbocycles. The topological polar surface area (TPSA) is 268 Å². The Morgan fingerprint density at radius 2 is 1.63 bits per heavy atom. The number of H-pyrrole nitrogens is 1. The third kappa shape index (κ3) is 8.96. The van der Waals surface area contributed by atoms with Crippen molar-refractivity contribution in [2.45, 2.75) is 50.7 Å². The number of anilines is 2. The molecular formula is C25H31N9O7. The number of fused-ring (bicyclic) bond motifs is 1. The average Bonchev–Trinajstić information content (AvgIpc) is 2.93. The monoisotopic (exact) mass is 569 g/mol. The number of rotatable bonds is 15. The lowest BCUT2D eigenvalue weighted by Crippen LogP contribution is -2.44. The van der Waals surface area contributed by atoms with Crippen molar-refractivity contribution in [1.29, 1.82) is 0 Å². The average molecular weight is 570 g/mol. The van der Waals surface area contributed by atoms with E-state index in [2.05, 4.69) is 35.9 Å². The smallest absolute Gasteiger partial charge is 0.326 e. The molecule has 218 valence electrons. The minimum absolute atomic E-state index is 0.0419. The van der Waals surface area contributed by atoms with Crippen LogP contribution in [0.25, 0.3) is 11.2 Å². The first-order valence-corrected chi connectivity index (χ1v) is 12.7. The molecule has 16 heteroatoms. The van der Waals surface area contributed by atoms with Gasteiger partial charge in [0, 0.05) is 17.7 Å². The van der Waals surface area contributed by atoms with Gasteiger partial charge in [0.1, 0.15) is 12.1 Å². The first-order valence-electron chi connectivity index (χ1n) is 12.7. The van der Waals surface area contributed by atoms with Crippen LogP contribution in [0.4, 0.5) is 11.6 Å². The standard InChI is InChI=1S/C25H31N9O7/c26-10-2-1-3-16(23(38)39)31-18(35)9-8-17(24(40)41)32-21(36)13-4-6-14(7-5-13)28-11-15-12-29-20-19(30-15)22(37)34-25(27)33-20/h4-7,12,16-17,28H,1-3,8-11,26H2,(H,31,35)(H,32,36)(H,38,39)(H,40,41)(H3,27,29,33,34,37). The highest BCUT2D eigenvalue weighted by Gasteiger charge is 2.24. The molecule has 0 aliphatic heterocycles.